The Bertz CT molecular complexity index is 863. The Balaban J connectivity index is 0.000000173. The van der Waals surface area contributed by atoms with Gasteiger partial charge in [-0.15, -0.1) is 0 Å². The number of nitrogens with zero attached hydrogens (tertiary/aromatic N) is 4. The summed E-state index contributed by atoms with van der Waals surface area (Å²) in [4.78, 5) is 18.8. The van der Waals surface area contributed by atoms with Crippen LogP contribution in [-0.2, 0) is 4.79 Å². The molecule has 0 spiro atoms. The SMILES string of the molecule is CC(C)(NC=O)C1CC1.Cc1ncn2c(C)cc(-c3ccon3)nc12. The zero-order valence-corrected chi connectivity index (χ0v) is 15.0. The molecular formula is C18H23N5O2. The Labute approximate surface area is 146 Å². The fourth-order valence-electron chi connectivity index (χ4n) is 2.79. The van der Waals surface area contributed by atoms with E-state index in [1.165, 1.54) is 12.8 Å². The largest absolute Gasteiger partial charge is 0.364 e. The zero-order chi connectivity index (χ0) is 18.0. The minimum absolute atomic E-state index is 0.0434. The third-order valence-electron chi connectivity index (χ3n) is 4.60. The fourth-order valence-corrected chi connectivity index (χ4v) is 2.79. The van der Waals surface area contributed by atoms with Gasteiger partial charge in [-0.1, -0.05) is 5.16 Å². The maximum absolute atomic E-state index is 10.0. The van der Waals surface area contributed by atoms with E-state index >= 15 is 0 Å². The monoisotopic (exact) mass is 341 g/mol. The molecule has 0 unspecified atom stereocenters. The van der Waals surface area contributed by atoms with Gasteiger partial charge < -0.3 is 9.84 Å². The van der Waals surface area contributed by atoms with Gasteiger partial charge in [-0.2, -0.15) is 0 Å². The summed E-state index contributed by atoms with van der Waals surface area (Å²) in [7, 11) is 0. The van der Waals surface area contributed by atoms with Gasteiger partial charge >= 0.3 is 0 Å². The molecule has 7 heteroatoms. The summed E-state index contributed by atoms with van der Waals surface area (Å²) < 4.78 is 6.78. The van der Waals surface area contributed by atoms with Gasteiger partial charge in [0.15, 0.2) is 5.65 Å². The molecule has 0 aromatic carbocycles. The summed E-state index contributed by atoms with van der Waals surface area (Å²) in [5.74, 6) is 0.725. The minimum Gasteiger partial charge on any atom is -0.364 e. The van der Waals surface area contributed by atoms with Crippen molar-refractivity contribution in [2.24, 2.45) is 5.92 Å². The average Bonchev–Trinajstić information content (AvgIpc) is 3.17. The Hall–Kier alpha value is -2.70. The van der Waals surface area contributed by atoms with E-state index in [1.54, 1.807) is 18.7 Å². The van der Waals surface area contributed by atoms with E-state index in [-0.39, 0.29) is 5.54 Å². The van der Waals surface area contributed by atoms with Crippen LogP contribution in [0.4, 0.5) is 0 Å². The van der Waals surface area contributed by atoms with Gasteiger partial charge in [0.2, 0.25) is 6.41 Å². The molecule has 3 heterocycles. The summed E-state index contributed by atoms with van der Waals surface area (Å²) in [5, 5.41) is 6.68. The quantitative estimate of drug-likeness (QED) is 0.738. The lowest BCUT2D eigenvalue weighted by atomic mass is 10.00. The van der Waals surface area contributed by atoms with Crippen LogP contribution in [0.15, 0.2) is 29.2 Å². The first kappa shape index (κ1) is 17.1. The third kappa shape index (κ3) is 3.70. The van der Waals surface area contributed by atoms with Crippen molar-refractivity contribution in [2.75, 3.05) is 0 Å². The second-order valence-corrected chi connectivity index (χ2v) is 6.95. The molecule has 4 rings (SSSR count). The van der Waals surface area contributed by atoms with E-state index in [0.29, 0.717) is 0 Å². The number of nitrogens with one attached hydrogen (secondary N) is 1. The first-order valence-corrected chi connectivity index (χ1v) is 8.36. The molecule has 0 aliphatic heterocycles. The highest BCUT2D eigenvalue weighted by atomic mass is 16.5. The van der Waals surface area contributed by atoms with Crippen LogP contribution < -0.4 is 5.32 Å². The molecule has 3 aromatic rings. The molecule has 1 aliphatic carbocycles. The summed E-state index contributed by atoms with van der Waals surface area (Å²) in [6.45, 7) is 8.09. The van der Waals surface area contributed by atoms with E-state index in [4.69, 9.17) is 4.52 Å². The molecule has 1 fully saturated rings. The van der Waals surface area contributed by atoms with Gasteiger partial charge in [-0.25, -0.2) is 9.97 Å². The van der Waals surface area contributed by atoms with Crippen LogP contribution >= 0.6 is 0 Å². The number of carbonyl (C=O) groups excluding carboxylic acids is 1. The number of rotatable bonds is 4. The second kappa shape index (κ2) is 6.66. The Kier molecular flexibility index (Phi) is 4.57. The number of fused-ring (bicyclic) bond motifs is 1. The molecule has 0 saturated heterocycles. The smallest absolute Gasteiger partial charge is 0.207 e. The maximum Gasteiger partial charge on any atom is 0.207 e. The highest BCUT2D eigenvalue weighted by Crippen LogP contribution is 2.38. The third-order valence-corrected chi connectivity index (χ3v) is 4.60. The number of imidazole rings is 1. The van der Waals surface area contributed by atoms with Crippen LogP contribution in [0, 0.1) is 19.8 Å². The lowest BCUT2D eigenvalue weighted by molar-refractivity contribution is -0.111. The number of amides is 1. The molecule has 0 bridgehead atoms. The standard InChI is InChI=1S/C11H10N4O.C7H13NO/c1-7-5-10(9-3-4-16-14-9)13-11-8(2)12-6-15(7)11;1-7(2,8-5-9)6-3-4-6/h3-6H,1-2H3;5-6H,3-4H2,1-2H3,(H,8,9). The number of aromatic nitrogens is 4. The Morgan fingerprint density at radius 3 is 2.68 bits per heavy atom. The number of hydrogen-bond acceptors (Lipinski definition) is 5. The van der Waals surface area contributed by atoms with E-state index in [0.717, 1.165) is 40.8 Å². The van der Waals surface area contributed by atoms with Gasteiger partial charge in [-0.3, -0.25) is 9.20 Å². The Morgan fingerprint density at radius 1 is 1.32 bits per heavy atom. The number of carbonyl (C=O) groups is 1. The fraction of sp³-hybridized carbons (Fsp3) is 0.444. The van der Waals surface area contributed by atoms with Crippen LogP contribution in [0.2, 0.25) is 0 Å². The first-order chi connectivity index (χ1) is 11.9. The topological polar surface area (TPSA) is 85.3 Å². The zero-order valence-electron chi connectivity index (χ0n) is 15.0. The van der Waals surface area contributed by atoms with Crippen molar-refractivity contribution in [3.63, 3.8) is 0 Å². The van der Waals surface area contributed by atoms with Crippen LogP contribution in [-0.4, -0.2) is 31.5 Å². The molecule has 132 valence electrons. The lowest BCUT2D eigenvalue weighted by Gasteiger charge is -2.22. The molecule has 3 aromatic heterocycles. The average molecular weight is 341 g/mol. The Morgan fingerprint density at radius 2 is 2.08 bits per heavy atom. The first-order valence-electron chi connectivity index (χ1n) is 8.36. The molecular weight excluding hydrogens is 318 g/mol. The van der Waals surface area contributed by atoms with Crippen molar-refractivity contribution in [3.05, 3.63) is 36.1 Å². The van der Waals surface area contributed by atoms with Crippen LogP contribution in [0.1, 0.15) is 38.1 Å². The molecule has 1 saturated carbocycles. The van der Waals surface area contributed by atoms with Gasteiger partial charge in [0.1, 0.15) is 18.3 Å². The van der Waals surface area contributed by atoms with Gasteiger partial charge in [0.25, 0.3) is 0 Å². The minimum atomic E-state index is 0.0434. The number of aryl methyl sites for hydroxylation is 2. The normalized spacial score (nSPS) is 14.1. The molecule has 0 radical (unpaired) electrons. The van der Waals surface area contributed by atoms with E-state index in [2.05, 4.69) is 34.3 Å². The lowest BCUT2D eigenvalue weighted by Crippen LogP contribution is -2.40. The number of hydrogen-bond donors (Lipinski definition) is 1. The van der Waals surface area contributed by atoms with Crippen molar-refractivity contribution < 1.29 is 9.32 Å². The molecule has 1 amide bonds. The molecule has 25 heavy (non-hydrogen) atoms. The van der Waals surface area contributed by atoms with Crippen LogP contribution in [0.5, 0.6) is 0 Å². The highest BCUT2D eigenvalue weighted by molar-refractivity contribution is 5.59. The molecule has 1 aliphatic rings. The van der Waals surface area contributed by atoms with Crippen molar-refractivity contribution >= 4 is 12.1 Å². The molecule has 1 N–H and O–H groups in total. The van der Waals surface area contributed by atoms with Crippen molar-refractivity contribution in [2.45, 2.75) is 46.1 Å². The summed E-state index contributed by atoms with van der Waals surface area (Å²) in [6, 6.07) is 3.76. The van der Waals surface area contributed by atoms with Crippen molar-refractivity contribution in [1.29, 1.82) is 0 Å². The van der Waals surface area contributed by atoms with Gasteiger partial charge in [0, 0.05) is 17.3 Å². The predicted octanol–water partition coefficient (Wildman–Crippen LogP) is 2.92. The van der Waals surface area contributed by atoms with Gasteiger partial charge in [-0.05, 0) is 52.5 Å². The molecule has 7 nitrogen and oxygen atoms in total. The highest BCUT2D eigenvalue weighted by Gasteiger charge is 2.37. The van der Waals surface area contributed by atoms with Gasteiger partial charge in [0.05, 0.1) is 11.4 Å². The second-order valence-electron chi connectivity index (χ2n) is 6.95. The summed E-state index contributed by atoms with van der Waals surface area (Å²) >= 11 is 0. The summed E-state index contributed by atoms with van der Waals surface area (Å²) in [6.07, 6.45) is 6.65. The van der Waals surface area contributed by atoms with Crippen molar-refractivity contribution in [3.8, 4) is 11.4 Å². The van der Waals surface area contributed by atoms with E-state index < -0.39 is 0 Å². The van der Waals surface area contributed by atoms with Crippen molar-refractivity contribution in [1.82, 2.24) is 24.8 Å². The maximum atomic E-state index is 10.0. The van der Waals surface area contributed by atoms with Crippen LogP contribution in [0.25, 0.3) is 17.0 Å². The molecule has 0 atom stereocenters. The van der Waals surface area contributed by atoms with Crippen LogP contribution in [0.3, 0.4) is 0 Å². The predicted molar refractivity (Wildman–Crippen MR) is 94.0 cm³/mol. The van der Waals surface area contributed by atoms with E-state index in [9.17, 15) is 4.79 Å². The van der Waals surface area contributed by atoms with E-state index in [1.807, 2.05) is 24.3 Å². The summed E-state index contributed by atoms with van der Waals surface area (Å²) in [5.41, 5.74) is 4.44.